The van der Waals surface area contributed by atoms with Gasteiger partial charge in [-0.25, -0.2) is 13.1 Å². The zero-order chi connectivity index (χ0) is 14.8. The van der Waals surface area contributed by atoms with Crippen LogP contribution in [0.25, 0.3) is 0 Å². The molecule has 3 nitrogen and oxygen atoms in total. The first-order valence-electron chi connectivity index (χ1n) is 6.30. The molecule has 0 radical (unpaired) electrons. The molecule has 0 saturated carbocycles. The van der Waals surface area contributed by atoms with E-state index >= 15 is 0 Å². The van der Waals surface area contributed by atoms with Gasteiger partial charge in [-0.2, -0.15) is 0 Å². The third-order valence-electron chi connectivity index (χ3n) is 3.50. The Morgan fingerprint density at radius 1 is 1.32 bits per heavy atom. The van der Waals surface area contributed by atoms with Gasteiger partial charge >= 0.3 is 0 Å². The summed E-state index contributed by atoms with van der Waals surface area (Å²) in [5, 5.41) is 0. The highest BCUT2D eigenvalue weighted by atomic mass is 79.9. The quantitative estimate of drug-likeness (QED) is 0.901. The molecule has 19 heavy (non-hydrogen) atoms. The highest BCUT2D eigenvalue weighted by Gasteiger charge is 2.23. The average molecular weight is 348 g/mol. The summed E-state index contributed by atoms with van der Waals surface area (Å²) in [6, 6.07) is 5.28. The Bertz CT molecular complexity index is 547. The van der Waals surface area contributed by atoms with E-state index in [1.165, 1.54) is 0 Å². The lowest BCUT2D eigenvalue weighted by Crippen LogP contribution is -2.34. The van der Waals surface area contributed by atoms with Crippen molar-refractivity contribution in [1.82, 2.24) is 4.72 Å². The number of hydrogen-bond acceptors (Lipinski definition) is 2. The maximum Gasteiger partial charge on any atom is 0.240 e. The highest BCUT2D eigenvalue weighted by Crippen LogP contribution is 2.25. The molecular weight excluding hydrogens is 326 g/mol. The summed E-state index contributed by atoms with van der Waals surface area (Å²) in [4.78, 5) is 0.336. The van der Waals surface area contributed by atoms with E-state index in [1.807, 2.05) is 6.07 Å². The summed E-state index contributed by atoms with van der Waals surface area (Å²) in [7, 11) is -3.45. The van der Waals surface area contributed by atoms with Gasteiger partial charge < -0.3 is 0 Å². The number of halogens is 1. The van der Waals surface area contributed by atoms with Gasteiger partial charge in [0.2, 0.25) is 10.0 Å². The number of aryl methyl sites for hydroxylation is 1. The predicted molar refractivity (Wildman–Crippen MR) is 82.7 cm³/mol. The minimum atomic E-state index is -3.45. The highest BCUT2D eigenvalue weighted by molar-refractivity contribution is 9.10. The minimum Gasteiger partial charge on any atom is -0.211 e. The molecule has 1 atom stereocenters. The first kappa shape index (κ1) is 16.7. The second kappa shape index (κ2) is 5.94. The molecule has 1 aromatic rings. The van der Waals surface area contributed by atoms with Crippen LogP contribution in [0.2, 0.25) is 0 Å². The normalized spacial score (nSPS) is 14.4. The molecule has 1 unspecified atom stereocenters. The average Bonchev–Trinajstić information content (AvgIpc) is 2.28. The molecule has 5 heteroatoms. The number of sulfonamides is 1. The summed E-state index contributed by atoms with van der Waals surface area (Å²) in [6.07, 6.45) is 0. The van der Waals surface area contributed by atoms with Gasteiger partial charge in [-0.05, 0) is 36.0 Å². The van der Waals surface area contributed by atoms with Crippen LogP contribution in [0, 0.1) is 18.3 Å². The molecule has 0 amide bonds. The second-order valence-corrected chi connectivity index (χ2v) is 8.68. The van der Waals surface area contributed by atoms with Crippen LogP contribution in [0.4, 0.5) is 0 Å². The van der Waals surface area contributed by atoms with Crippen molar-refractivity contribution < 1.29 is 8.42 Å². The van der Waals surface area contributed by atoms with Crippen molar-refractivity contribution in [3.63, 3.8) is 0 Å². The lowest BCUT2D eigenvalue weighted by Gasteiger charge is -2.27. The Hall–Kier alpha value is -0.390. The standard InChI is InChI=1S/C14H22BrNO2S/c1-10-6-7-12(15)8-13(10)19(17,18)16-9-11(2)14(3,4)5/h6-8,11,16H,9H2,1-5H3. The Balaban J connectivity index is 2.91. The van der Waals surface area contributed by atoms with E-state index in [1.54, 1.807) is 19.1 Å². The maximum atomic E-state index is 12.3. The molecule has 0 aromatic heterocycles. The van der Waals surface area contributed by atoms with Crippen LogP contribution in [0.1, 0.15) is 33.3 Å². The molecule has 0 bridgehead atoms. The topological polar surface area (TPSA) is 46.2 Å². The Kier molecular flexibility index (Phi) is 5.21. The third kappa shape index (κ3) is 4.58. The van der Waals surface area contributed by atoms with Crippen LogP contribution in [-0.4, -0.2) is 15.0 Å². The van der Waals surface area contributed by atoms with E-state index in [0.717, 1.165) is 10.0 Å². The molecule has 0 fully saturated rings. The first-order chi connectivity index (χ1) is 8.54. The van der Waals surface area contributed by atoms with Crippen LogP contribution in [-0.2, 0) is 10.0 Å². The smallest absolute Gasteiger partial charge is 0.211 e. The van der Waals surface area contributed by atoms with Crippen molar-refractivity contribution in [2.24, 2.45) is 11.3 Å². The molecule has 1 aromatic carbocycles. The number of nitrogens with one attached hydrogen (secondary N) is 1. The van der Waals surface area contributed by atoms with E-state index in [9.17, 15) is 8.42 Å². The Labute approximate surface area is 125 Å². The van der Waals surface area contributed by atoms with Gasteiger partial charge in [0.05, 0.1) is 4.90 Å². The van der Waals surface area contributed by atoms with Crippen molar-refractivity contribution in [3.05, 3.63) is 28.2 Å². The van der Waals surface area contributed by atoms with Crippen LogP contribution in [0.5, 0.6) is 0 Å². The number of rotatable bonds is 4. The molecule has 0 saturated heterocycles. The molecule has 0 aliphatic rings. The van der Waals surface area contributed by atoms with Crippen molar-refractivity contribution in [1.29, 1.82) is 0 Å². The maximum absolute atomic E-state index is 12.3. The van der Waals surface area contributed by atoms with Crippen molar-refractivity contribution in [3.8, 4) is 0 Å². The van der Waals surface area contributed by atoms with E-state index in [0.29, 0.717) is 11.4 Å². The van der Waals surface area contributed by atoms with E-state index < -0.39 is 10.0 Å². The second-order valence-electron chi connectivity index (χ2n) is 6.03. The van der Waals surface area contributed by atoms with Crippen molar-refractivity contribution in [2.75, 3.05) is 6.54 Å². The molecule has 1 N–H and O–H groups in total. The first-order valence-corrected chi connectivity index (χ1v) is 8.57. The zero-order valence-corrected chi connectivity index (χ0v) is 14.5. The fourth-order valence-electron chi connectivity index (χ4n) is 1.48. The van der Waals surface area contributed by atoms with Gasteiger partial charge in [0.25, 0.3) is 0 Å². The summed E-state index contributed by atoms with van der Waals surface area (Å²) < 4.78 is 28.1. The third-order valence-corrected chi connectivity index (χ3v) is 5.56. The van der Waals surface area contributed by atoms with E-state index in [2.05, 4.69) is 48.3 Å². The van der Waals surface area contributed by atoms with Gasteiger partial charge in [-0.3, -0.25) is 0 Å². The van der Waals surface area contributed by atoms with Crippen molar-refractivity contribution >= 4 is 26.0 Å². The summed E-state index contributed by atoms with van der Waals surface area (Å²) in [5.74, 6) is 0.259. The molecule has 0 heterocycles. The molecule has 108 valence electrons. The fraction of sp³-hybridized carbons (Fsp3) is 0.571. The molecule has 0 aliphatic heterocycles. The minimum absolute atomic E-state index is 0.0782. The van der Waals surface area contributed by atoms with Crippen LogP contribution >= 0.6 is 15.9 Å². The van der Waals surface area contributed by atoms with Crippen LogP contribution < -0.4 is 4.72 Å². The SMILES string of the molecule is Cc1ccc(Br)cc1S(=O)(=O)NCC(C)C(C)(C)C. The monoisotopic (exact) mass is 347 g/mol. The van der Waals surface area contributed by atoms with E-state index in [4.69, 9.17) is 0 Å². The summed E-state index contributed by atoms with van der Waals surface area (Å²) >= 11 is 3.31. The molecule has 0 aliphatic carbocycles. The fourth-order valence-corrected chi connectivity index (χ4v) is 3.39. The van der Waals surface area contributed by atoms with Crippen LogP contribution in [0.15, 0.2) is 27.6 Å². The van der Waals surface area contributed by atoms with Gasteiger partial charge in [-0.1, -0.05) is 49.7 Å². The lowest BCUT2D eigenvalue weighted by atomic mass is 9.82. The summed E-state index contributed by atoms with van der Waals surface area (Å²) in [5.41, 5.74) is 0.827. The molecule has 0 spiro atoms. The summed E-state index contributed by atoms with van der Waals surface area (Å²) in [6.45, 7) is 10.6. The van der Waals surface area contributed by atoms with Crippen LogP contribution in [0.3, 0.4) is 0 Å². The Morgan fingerprint density at radius 2 is 1.89 bits per heavy atom. The zero-order valence-electron chi connectivity index (χ0n) is 12.1. The van der Waals surface area contributed by atoms with Gasteiger partial charge in [0.1, 0.15) is 0 Å². The van der Waals surface area contributed by atoms with Gasteiger partial charge in [0.15, 0.2) is 0 Å². The number of hydrogen-bond donors (Lipinski definition) is 1. The molecular formula is C14H22BrNO2S. The van der Waals surface area contributed by atoms with E-state index in [-0.39, 0.29) is 11.3 Å². The van der Waals surface area contributed by atoms with Crippen molar-refractivity contribution in [2.45, 2.75) is 39.5 Å². The van der Waals surface area contributed by atoms with Gasteiger partial charge in [0, 0.05) is 11.0 Å². The van der Waals surface area contributed by atoms with Gasteiger partial charge in [-0.15, -0.1) is 0 Å². The number of benzene rings is 1. The largest absolute Gasteiger partial charge is 0.240 e. The molecule has 1 rings (SSSR count). The predicted octanol–water partition coefficient (Wildman–Crippen LogP) is 3.72. The Morgan fingerprint density at radius 3 is 2.42 bits per heavy atom. The lowest BCUT2D eigenvalue weighted by molar-refractivity contribution is 0.263.